The van der Waals surface area contributed by atoms with Crippen molar-refractivity contribution in [1.82, 2.24) is 19.5 Å². The van der Waals surface area contributed by atoms with Crippen LogP contribution in [0.15, 0.2) is 90.0 Å². The number of nitrogens with one attached hydrogen (secondary N) is 1. The lowest BCUT2D eigenvalue weighted by molar-refractivity contribution is -0.0942. The molecule has 0 radical (unpaired) electrons. The van der Waals surface area contributed by atoms with E-state index in [1.54, 1.807) is 14.2 Å². The number of anilines is 1. The largest absolute Gasteiger partial charge is 0.497 e. The third kappa shape index (κ3) is 5.00. The molecule has 6 rings (SSSR count). The van der Waals surface area contributed by atoms with Gasteiger partial charge in [-0.15, -0.1) is 0 Å². The summed E-state index contributed by atoms with van der Waals surface area (Å²) < 4.78 is 25.2. The number of aliphatic hydroxyl groups is 2. The predicted molar refractivity (Wildman–Crippen MR) is 157 cm³/mol. The number of nitrogens with zero attached hydrogens (tertiary/aromatic N) is 3. The fourth-order valence-electron chi connectivity index (χ4n) is 5.51. The van der Waals surface area contributed by atoms with Crippen molar-refractivity contribution >= 4 is 17.1 Å². The Kier molecular flexibility index (Phi) is 7.59. The van der Waals surface area contributed by atoms with Crippen LogP contribution in [-0.2, 0) is 15.1 Å². The zero-order valence-electron chi connectivity index (χ0n) is 23.5. The number of hydrogen-bond donors (Lipinski definition) is 4. The molecule has 12 heteroatoms. The van der Waals surface area contributed by atoms with E-state index in [2.05, 4.69) is 15.0 Å². The number of imidazole rings is 1. The van der Waals surface area contributed by atoms with Crippen LogP contribution in [0.1, 0.15) is 22.9 Å². The second kappa shape index (κ2) is 11.5. The minimum absolute atomic E-state index is 0.0290. The topological polar surface area (TPSA) is 167 Å². The highest BCUT2D eigenvalue weighted by Gasteiger charge is 2.47. The highest BCUT2D eigenvalue weighted by atomic mass is 16.6. The SMILES string of the molecule is COc1ccc(C(OC[C@H]2O[C@@H](n3cnc4c(=O)[nH]c(N)nc43)[C@H](O)[C@@H]2O)(c2ccccc2)c2ccc(OC)cc2)cc1. The monoisotopic (exact) mass is 585 g/mol. The average Bonchev–Trinajstić information content (AvgIpc) is 3.58. The Morgan fingerprint density at radius 3 is 2.07 bits per heavy atom. The lowest BCUT2D eigenvalue weighted by Crippen LogP contribution is -2.39. The molecule has 1 fully saturated rings. The summed E-state index contributed by atoms with van der Waals surface area (Å²) in [6.07, 6.45) is -3.45. The first-order valence-electron chi connectivity index (χ1n) is 13.6. The van der Waals surface area contributed by atoms with Gasteiger partial charge in [-0.25, -0.2) is 4.98 Å². The number of aromatic amines is 1. The molecular formula is C31H31N5O7. The number of rotatable bonds is 9. The van der Waals surface area contributed by atoms with Crippen LogP contribution in [0, 0.1) is 0 Å². The van der Waals surface area contributed by atoms with E-state index in [4.69, 9.17) is 24.7 Å². The summed E-state index contributed by atoms with van der Waals surface area (Å²) in [5.74, 6) is 1.25. The number of aromatic nitrogens is 4. The van der Waals surface area contributed by atoms with Crippen molar-refractivity contribution in [3.8, 4) is 11.5 Å². The second-order valence-corrected chi connectivity index (χ2v) is 10.1. The number of aliphatic hydroxyl groups excluding tert-OH is 2. The summed E-state index contributed by atoms with van der Waals surface area (Å²) in [7, 11) is 3.20. The molecule has 5 aromatic rings. The van der Waals surface area contributed by atoms with E-state index < -0.39 is 35.7 Å². The normalized spacial score (nSPS) is 20.4. The molecule has 0 aliphatic carbocycles. The van der Waals surface area contributed by atoms with Gasteiger partial charge < -0.3 is 34.9 Å². The average molecular weight is 586 g/mol. The smallest absolute Gasteiger partial charge is 0.280 e. The molecule has 0 saturated carbocycles. The van der Waals surface area contributed by atoms with Crippen molar-refractivity contribution in [2.24, 2.45) is 0 Å². The molecule has 0 amide bonds. The summed E-state index contributed by atoms with van der Waals surface area (Å²) in [6.45, 7) is -0.121. The Morgan fingerprint density at radius 1 is 0.907 bits per heavy atom. The molecule has 12 nitrogen and oxygen atoms in total. The lowest BCUT2D eigenvalue weighted by atomic mass is 9.80. The van der Waals surface area contributed by atoms with Crippen LogP contribution >= 0.6 is 0 Å². The number of methoxy groups -OCH3 is 2. The van der Waals surface area contributed by atoms with Gasteiger partial charge in [0.05, 0.1) is 27.2 Å². The molecule has 4 atom stereocenters. The molecule has 222 valence electrons. The summed E-state index contributed by atoms with van der Waals surface area (Å²) in [5, 5.41) is 22.2. The van der Waals surface area contributed by atoms with Crippen molar-refractivity contribution in [3.05, 3.63) is 112 Å². The quantitative estimate of drug-likeness (QED) is 0.189. The highest BCUT2D eigenvalue weighted by molar-refractivity contribution is 5.70. The first-order chi connectivity index (χ1) is 20.8. The number of hydrogen-bond acceptors (Lipinski definition) is 10. The first-order valence-corrected chi connectivity index (χ1v) is 13.6. The number of H-pyrrole nitrogens is 1. The molecule has 3 heterocycles. The number of nitrogens with two attached hydrogens (primary N) is 1. The molecule has 1 saturated heterocycles. The van der Waals surface area contributed by atoms with Crippen molar-refractivity contribution in [2.75, 3.05) is 26.6 Å². The van der Waals surface area contributed by atoms with Gasteiger partial charge in [-0.2, -0.15) is 4.98 Å². The summed E-state index contributed by atoms with van der Waals surface area (Å²) in [6, 6.07) is 24.8. The molecular weight excluding hydrogens is 554 g/mol. The van der Waals surface area contributed by atoms with E-state index in [1.165, 1.54) is 10.9 Å². The van der Waals surface area contributed by atoms with Gasteiger partial charge in [0.25, 0.3) is 5.56 Å². The van der Waals surface area contributed by atoms with Crippen LogP contribution in [0.3, 0.4) is 0 Å². The zero-order valence-corrected chi connectivity index (χ0v) is 23.5. The Hall–Kier alpha value is -4.75. The highest BCUT2D eigenvalue weighted by Crippen LogP contribution is 2.43. The van der Waals surface area contributed by atoms with Crippen LogP contribution in [0.2, 0.25) is 0 Å². The molecule has 0 spiro atoms. The minimum Gasteiger partial charge on any atom is -0.497 e. The van der Waals surface area contributed by atoms with Gasteiger partial charge in [-0.1, -0.05) is 54.6 Å². The summed E-state index contributed by atoms with van der Waals surface area (Å²) in [5.41, 5.74) is 6.64. The molecule has 5 N–H and O–H groups in total. The maximum absolute atomic E-state index is 12.3. The van der Waals surface area contributed by atoms with Crippen LogP contribution < -0.4 is 20.8 Å². The molecule has 43 heavy (non-hydrogen) atoms. The number of benzene rings is 3. The second-order valence-electron chi connectivity index (χ2n) is 10.1. The van der Waals surface area contributed by atoms with Gasteiger partial charge in [-0.3, -0.25) is 14.3 Å². The van der Waals surface area contributed by atoms with Gasteiger partial charge in [0.15, 0.2) is 17.4 Å². The van der Waals surface area contributed by atoms with Crippen molar-refractivity contribution in [3.63, 3.8) is 0 Å². The summed E-state index contributed by atoms with van der Waals surface area (Å²) >= 11 is 0. The van der Waals surface area contributed by atoms with Gasteiger partial charge in [0.2, 0.25) is 5.95 Å². The van der Waals surface area contributed by atoms with E-state index in [0.717, 1.165) is 16.7 Å². The van der Waals surface area contributed by atoms with E-state index >= 15 is 0 Å². The molecule has 1 aliphatic rings. The van der Waals surface area contributed by atoms with Crippen LogP contribution in [0.4, 0.5) is 5.95 Å². The van der Waals surface area contributed by atoms with E-state index in [-0.39, 0.29) is 23.7 Å². The standard InChI is InChI=1S/C31H31N5O7/c1-40-21-12-8-19(9-13-21)31(18-6-4-3-5-7-18,20-10-14-22(41-2)15-11-20)42-16-23-25(37)26(38)29(43-23)36-17-33-24-27(36)34-30(32)35-28(24)39/h3-15,17,23,25-26,29,37-38H,16H2,1-2H3,(H3,32,34,35,39)/t23-,25-,26-,29-/m1/s1. The predicted octanol–water partition coefficient (Wildman–Crippen LogP) is 2.35. The number of nitrogen functional groups attached to an aromatic ring is 1. The third-order valence-electron chi connectivity index (χ3n) is 7.70. The van der Waals surface area contributed by atoms with Gasteiger partial charge in [-0.05, 0) is 41.0 Å². The fraction of sp³-hybridized carbons (Fsp3) is 0.258. The van der Waals surface area contributed by atoms with E-state index in [1.807, 2.05) is 78.9 Å². The van der Waals surface area contributed by atoms with E-state index in [9.17, 15) is 15.0 Å². The maximum Gasteiger partial charge on any atom is 0.280 e. The van der Waals surface area contributed by atoms with E-state index in [0.29, 0.717) is 11.5 Å². The Morgan fingerprint density at radius 2 is 1.49 bits per heavy atom. The minimum atomic E-state index is -1.37. The first kappa shape index (κ1) is 28.4. The van der Waals surface area contributed by atoms with Crippen LogP contribution in [-0.4, -0.2) is 68.9 Å². The van der Waals surface area contributed by atoms with Gasteiger partial charge in [0.1, 0.15) is 35.4 Å². The fourth-order valence-corrected chi connectivity index (χ4v) is 5.51. The molecule has 0 bridgehead atoms. The maximum atomic E-state index is 12.3. The van der Waals surface area contributed by atoms with Crippen LogP contribution in [0.25, 0.3) is 11.2 Å². The molecule has 2 aromatic heterocycles. The Balaban J connectivity index is 1.39. The van der Waals surface area contributed by atoms with Gasteiger partial charge >= 0.3 is 0 Å². The number of ether oxygens (including phenoxy) is 4. The molecule has 0 unspecified atom stereocenters. The molecule has 3 aromatic carbocycles. The van der Waals surface area contributed by atoms with Crippen LogP contribution in [0.5, 0.6) is 11.5 Å². The van der Waals surface area contributed by atoms with Gasteiger partial charge in [0, 0.05) is 0 Å². The Bertz CT molecular complexity index is 1710. The number of fused-ring (bicyclic) bond motifs is 1. The Labute approximate surface area is 246 Å². The van der Waals surface area contributed by atoms with Crippen molar-refractivity contribution in [2.45, 2.75) is 30.1 Å². The third-order valence-corrected chi connectivity index (χ3v) is 7.70. The van der Waals surface area contributed by atoms with Crippen molar-refractivity contribution in [1.29, 1.82) is 0 Å². The van der Waals surface area contributed by atoms with Crippen molar-refractivity contribution < 1.29 is 29.2 Å². The zero-order chi connectivity index (χ0) is 30.1. The summed E-state index contributed by atoms with van der Waals surface area (Å²) in [4.78, 5) is 22.9. The molecule has 1 aliphatic heterocycles. The lowest BCUT2D eigenvalue weighted by Gasteiger charge is -2.37.